The minimum atomic E-state index is -0.473. The van der Waals surface area contributed by atoms with Crippen molar-refractivity contribution < 1.29 is 13.9 Å². The van der Waals surface area contributed by atoms with Gasteiger partial charge in [-0.1, -0.05) is 13.8 Å². The smallest absolute Gasteiger partial charge is 0.167 e. The van der Waals surface area contributed by atoms with Crippen LogP contribution in [0.15, 0.2) is 12.1 Å². The van der Waals surface area contributed by atoms with Crippen molar-refractivity contribution in [2.75, 3.05) is 19.5 Å². The zero-order valence-electron chi connectivity index (χ0n) is 10.6. The predicted octanol–water partition coefficient (Wildman–Crippen LogP) is 3.23. The van der Waals surface area contributed by atoms with Gasteiger partial charge in [-0.05, 0) is 18.8 Å². The maximum absolute atomic E-state index is 13.3. The van der Waals surface area contributed by atoms with Crippen LogP contribution in [0.3, 0.4) is 0 Å². The molecule has 2 N–H and O–H groups in total. The average Bonchev–Trinajstić information content (AvgIpc) is 2.26. The molecule has 0 unspecified atom stereocenters. The van der Waals surface area contributed by atoms with E-state index >= 15 is 0 Å². The van der Waals surface area contributed by atoms with E-state index in [-0.39, 0.29) is 5.75 Å². The van der Waals surface area contributed by atoms with Crippen LogP contribution < -0.4 is 15.2 Å². The number of methoxy groups -OCH3 is 1. The van der Waals surface area contributed by atoms with Crippen LogP contribution >= 0.6 is 0 Å². The van der Waals surface area contributed by atoms with Crippen LogP contribution in [0.4, 0.5) is 10.1 Å². The van der Waals surface area contributed by atoms with Crippen molar-refractivity contribution in [3.63, 3.8) is 0 Å². The maximum Gasteiger partial charge on any atom is 0.167 e. The van der Waals surface area contributed by atoms with E-state index in [1.807, 2.05) is 0 Å². The molecule has 0 aliphatic carbocycles. The van der Waals surface area contributed by atoms with Crippen LogP contribution in [-0.4, -0.2) is 13.7 Å². The Labute approximate surface area is 102 Å². The van der Waals surface area contributed by atoms with Gasteiger partial charge in [0, 0.05) is 12.1 Å². The molecule has 17 heavy (non-hydrogen) atoms. The lowest BCUT2D eigenvalue weighted by Crippen LogP contribution is -2.03. The Bertz CT molecular complexity index is 367. The Hall–Kier alpha value is -1.45. The first kappa shape index (κ1) is 13.6. The molecule has 96 valence electrons. The summed E-state index contributed by atoms with van der Waals surface area (Å²) in [5.41, 5.74) is 5.97. The lowest BCUT2D eigenvalue weighted by atomic mass is 10.1. The van der Waals surface area contributed by atoms with E-state index in [9.17, 15) is 4.39 Å². The fraction of sp³-hybridized carbons (Fsp3) is 0.538. The van der Waals surface area contributed by atoms with Gasteiger partial charge in [0.05, 0.1) is 19.4 Å². The van der Waals surface area contributed by atoms with Crippen molar-refractivity contribution in [2.24, 2.45) is 5.92 Å². The van der Waals surface area contributed by atoms with Crippen molar-refractivity contribution in [2.45, 2.75) is 26.7 Å². The minimum Gasteiger partial charge on any atom is -0.494 e. The summed E-state index contributed by atoms with van der Waals surface area (Å²) in [5, 5.41) is 0. The zero-order valence-corrected chi connectivity index (χ0v) is 10.6. The lowest BCUT2D eigenvalue weighted by molar-refractivity contribution is 0.296. The molecule has 4 heteroatoms. The van der Waals surface area contributed by atoms with Crippen molar-refractivity contribution in [3.8, 4) is 11.5 Å². The number of ether oxygens (including phenoxy) is 2. The number of halogens is 1. The molecule has 0 radical (unpaired) electrons. The number of hydrogen-bond donors (Lipinski definition) is 1. The molecule has 0 amide bonds. The Kier molecular flexibility index (Phi) is 5.07. The fourth-order valence-electron chi connectivity index (χ4n) is 1.51. The van der Waals surface area contributed by atoms with Crippen LogP contribution in [0.25, 0.3) is 0 Å². The summed E-state index contributed by atoms with van der Waals surface area (Å²) < 4.78 is 23.7. The first-order valence-corrected chi connectivity index (χ1v) is 5.80. The highest BCUT2D eigenvalue weighted by atomic mass is 19.1. The van der Waals surface area contributed by atoms with Crippen LogP contribution in [0.5, 0.6) is 11.5 Å². The Morgan fingerprint density at radius 3 is 2.59 bits per heavy atom. The second-order valence-electron chi connectivity index (χ2n) is 4.41. The van der Waals surface area contributed by atoms with Crippen LogP contribution in [0.1, 0.15) is 26.7 Å². The van der Waals surface area contributed by atoms with Gasteiger partial charge >= 0.3 is 0 Å². The number of hydrogen-bond acceptors (Lipinski definition) is 3. The van der Waals surface area contributed by atoms with E-state index in [0.29, 0.717) is 24.0 Å². The molecule has 1 aromatic rings. The number of anilines is 1. The Morgan fingerprint density at radius 1 is 1.29 bits per heavy atom. The highest BCUT2D eigenvalue weighted by Gasteiger charge is 2.09. The summed E-state index contributed by atoms with van der Waals surface area (Å²) in [6.07, 6.45) is 2.05. The van der Waals surface area contributed by atoms with Crippen molar-refractivity contribution in [1.29, 1.82) is 0 Å². The second-order valence-corrected chi connectivity index (χ2v) is 4.41. The third-order valence-corrected chi connectivity index (χ3v) is 2.47. The lowest BCUT2D eigenvalue weighted by Gasteiger charge is -2.11. The average molecular weight is 241 g/mol. The van der Waals surface area contributed by atoms with Gasteiger partial charge in [0.1, 0.15) is 5.75 Å². The molecule has 0 aliphatic heterocycles. The van der Waals surface area contributed by atoms with Crippen molar-refractivity contribution >= 4 is 5.69 Å². The van der Waals surface area contributed by atoms with Gasteiger partial charge in [-0.25, -0.2) is 4.39 Å². The molecular formula is C13H20FNO2. The molecule has 0 spiro atoms. The third kappa shape index (κ3) is 4.13. The largest absolute Gasteiger partial charge is 0.494 e. The third-order valence-electron chi connectivity index (χ3n) is 2.47. The van der Waals surface area contributed by atoms with Crippen LogP contribution in [0, 0.1) is 11.7 Å². The van der Waals surface area contributed by atoms with E-state index in [1.165, 1.54) is 19.2 Å². The first-order chi connectivity index (χ1) is 8.04. The minimum absolute atomic E-state index is 0.151. The van der Waals surface area contributed by atoms with Gasteiger partial charge in [0.25, 0.3) is 0 Å². The molecule has 1 aromatic carbocycles. The van der Waals surface area contributed by atoms with Gasteiger partial charge in [-0.3, -0.25) is 0 Å². The summed E-state index contributed by atoms with van der Waals surface area (Å²) in [5.74, 6) is 0.809. The summed E-state index contributed by atoms with van der Waals surface area (Å²) in [7, 11) is 1.41. The normalized spacial score (nSPS) is 10.6. The van der Waals surface area contributed by atoms with E-state index < -0.39 is 5.82 Å². The number of benzene rings is 1. The van der Waals surface area contributed by atoms with E-state index in [4.69, 9.17) is 15.2 Å². The Morgan fingerprint density at radius 2 is 2.00 bits per heavy atom. The fourth-order valence-corrected chi connectivity index (χ4v) is 1.51. The van der Waals surface area contributed by atoms with Crippen LogP contribution in [-0.2, 0) is 0 Å². The molecule has 0 saturated heterocycles. The van der Waals surface area contributed by atoms with E-state index in [0.717, 1.165) is 12.8 Å². The standard InChI is InChI=1S/C13H20FNO2/c1-9(2)5-4-6-17-13-8-12(16-3)10(14)7-11(13)15/h7-9H,4-6,15H2,1-3H3. The highest BCUT2D eigenvalue weighted by molar-refractivity contribution is 5.56. The summed E-state index contributed by atoms with van der Waals surface area (Å²) >= 11 is 0. The van der Waals surface area contributed by atoms with Crippen LogP contribution in [0.2, 0.25) is 0 Å². The summed E-state index contributed by atoms with van der Waals surface area (Å²) in [4.78, 5) is 0. The maximum atomic E-state index is 13.3. The molecule has 0 bridgehead atoms. The molecule has 0 heterocycles. The molecule has 3 nitrogen and oxygen atoms in total. The topological polar surface area (TPSA) is 44.5 Å². The molecule has 0 aliphatic rings. The summed E-state index contributed by atoms with van der Waals surface area (Å²) in [6, 6.07) is 2.71. The van der Waals surface area contributed by atoms with Gasteiger partial charge in [-0.15, -0.1) is 0 Å². The van der Waals surface area contributed by atoms with Gasteiger partial charge in [-0.2, -0.15) is 0 Å². The molecular weight excluding hydrogens is 221 g/mol. The zero-order chi connectivity index (χ0) is 12.8. The predicted molar refractivity (Wildman–Crippen MR) is 66.9 cm³/mol. The van der Waals surface area contributed by atoms with E-state index in [2.05, 4.69) is 13.8 Å². The number of nitrogens with two attached hydrogens (primary N) is 1. The van der Waals surface area contributed by atoms with E-state index in [1.54, 1.807) is 0 Å². The van der Waals surface area contributed by atoms with Crippen molar-refractivity contribution in [3.05, 3.63) is 17.9 Å². The van der Waals surface area contributed by atoms with Gasteiger partial charge < -0.3 is 15.2 Å². The van der Waals surface area contributed by atoms with Gasteiger partial charge in [0.2, 0.25) is 0 Å². The first-order valence-electron chi connectivity index (χ1n) is 5.80. The monoisotopic (exact) mass is 241 g/mol. The molecule has 0 fully saturated rings. The molecule has 0 aromatic heterocycles. The number of rotatable bonds is 6. The quantitative estimate of drug-likeness (QED) is 0.614. The SMILES string of the molecule is COc1cc(OCCCC(C)C)c(N)cc1F. The number of nitrogen functional groups attached to an aromatic ring is 1. The van der Waals surface area contributed by atoms with Gasteiger partial charge in [0.15, 0.2) is 11.6 Å². The summed E-state index contributed by atoms with van der Waals surface area (Å²) in [6.45, 7) is 4.90. The van der Waals surface area contributed by atoms with Crippen molar-refractivity contribution in [1.82, 2.24) is 0 Å². The molecule has 1 rings (SSSR count). The highest BCUT2D eigenvalue weighted by Crippen LogP contribution is 2.30. The molecule has 0 atom stereocenters. The molecule has 0 saturated carbocycles. The second kappa shape index (κ2) is 6.33. The Balaban J connectivity index is 2.58.